The van der Waals surface area contributed by atoms with Crippen molar-refractivity contribution in [1.82, 2.24) is 14.9 Å². The van der Waals surface area contributed by atoms with Crippen molar-refractivity contribution in [3.63, 3.8) is 0 Å². The molecule has 1 spiro atoms. The molecular weight excluding hydrogens is 520 g/mol. The van der Waals surface area contributed by atoms with Gasteiger partial charge in [-0.2, -0.15) is 0 Å². The summed E-state index contributed by atoms with van der Waals surface area (Å²) < 4.78 is 21.9. The number of likely N-dealkylation sites (tertiary alicyclic amines) is 1. The predicted octanol–water partition coefficient (Wildman–Crippen LogP) is 3.87. The molecule has 1 aromatic carbocycles. The van der Waals surface area contributed by atoms with E-state index in [1.54, 1.807) is 23.1 Å². The van der Waals surface area contributed by atoms with Crippen LogP contribution in [0.5, 0.6) is 17.2 Å². The first-order chi connectivity index (χ1) is 19.4. The van der Waals surface area contributed by atoms with Gasteiger partial charge in [-0.15, -0.1) is 0 Å². The maximum Gasteiger partial charge on any atom is 0.354 e. The van der Waals surface area contributed by atoms with Gasteiger partial charge in [-0.1, -0.05) is 5.11 Å². The highest BCUT2D eigenvalue weighted by Gasteiger charge is 2.68. The number of fused-ring (bicyclic) bond motifs is 2. The molecule has 6 rings (SSSR count). The second-order valence-corrected chi connectivity index (χ2v) is 9.89. The molecule has 2 aromatic heterocycles. The normalized spacial score (nSPS) is 20.2. The summed E-state index contributed by atoms with van der Waals surface area (Å²) in [5.74, 6) is 0.174. The Hall–Kier alpha value is -4.90. The maximum atomic E-state index is 13.8. The molecule has 1 saturated carbocycles. The number of carbonyl (C=O) groups excluding carboxylic acids is 3. The molecular formula is C27H26N6O7. The lowest BCUT2D eigenvalue weighted by atomic mass is 9.85. The topological polar surface area (TPSA) is 172 Å². The molecule has 2 fully saturated rings. The summed E-state index contributed by atoms with van der Waals surface area (Å²) in [4.78, 5) is 49.4. The lowest BCUT2D eigenvalue weighted by Gasteiger charge is -2.27. The lowest BCUT2D eigenvalue weighted by Crippen LogP contribution is -2.33. The number of aromatic amines is 2. The number of allylic oxidation sites excluding steroid dienone is 2. The van der Waals surface area contributed by atoms with E-state index in [0.717, 1.165) is 12.0 Å². The van der Waals surface area contributed by atoms with Gasteiger partial charge >= 0.3 is 5.97 Å². The first-order valence-corrected chi connectivity index (χ1v) is 12.7. The van der Waals surface area contributed by atoms with Gasteiger partial charge in [0.25, 0.3) is 5.91 Å². The summed E-state index contributed by atoms with van der Waals surface area (Å²) >= 11 is 0. The molecule has 1 saturated heterocycles. The molecule has 1 amide bonds. The van der Waals surface area contributed by atoms with Gasteiger partial charge in [-0.25, -0.2) is 4.79 Å². The number of ketones is 1. The maximum absolute atomic E-state index is 13.8. The molecule has 0 unspecified atom stereocenters. The zero-order valence-corrected chi connectivity index (χ0v) is 22.1. The molecule has 2 atom stereocenters. The van der Waals surface area contributed by atoms with E-state index in [0.29, 0.717) is 58.2 Å². The molecule has 40 heavy (non-hydrogen) atoms. The largest absolute Gasteiger partial charge is 0.493 e. The summed E-state index contributed by atoms with van der Waals surface area (Å²) in [5.41, 5.74) is 10.8. The van der Waals surface area contributed by atoms with E-state index in [1.165, 1.54) is 27.4 Å². The average molecular weight is 547 g/mol. The van der Waals surface area contributed by atoms with Crippen LogP contribution in [0.25, 0.3) is 21.3 Å². The Balaban J connectivity index is 1.32. The number of nitrogens with one attached hydrogen (secondary N) is 2. The molecule has 0 bridgehead atoms. The summed E-state index contributed by atoms with van der Waals surface area (Å²) in [7, 11) is 4.29. The van der Waals surface area contributed by atoms with Crippen LogP contribution >= 0.6 is 0 Å². The number of rotatable bonds is 9. The molecule has 0 radical (unpaired) electrons. The molecule has 2 N–H and O–H groups in total. The van der Waals surface area contributed by atoms with Crippen LogP contribution in [0.15, 0.2) is 35.1 Å². The van der Waals surface area contributed by atoms with E-state index >= 15 is 0 Å². The van der Waals surface area contributed by atoms with Gasteiger partial charge in [0, 0.05) is 40.6 Å². The van der Waals surface area contributed by atoms with Crippen molar-refractivity contribution in [3.05, 3.63) is 63.1 Å². The minimum Gasteiger partial charge on any atom is -0.493 e. The zero-order chi connectivity index (χ0) is 28.2. The van der Waals surface area contributed by atoms with E-state index in [2.05, 4.69) is 20.0 Å². The van der Waals surface area contributed by atoms with Gasteiger partial charge in [0.05, 0.1) is 39.1 Å². The van der Waals surface area contributed by atoms with Crippen LogP contribution in [0.3, 0.4) is 0 Å². The lowest BCUT2D eigenvalue weighted by molar-refractivity contribution is 0.0594. The van der Waals surface area contributed by atoms with E-state index in [-0.39, 0.29) is 36.5 Å². The van der Waals surface area contributed by atoms with E-state index in [4.69, 9.17) is 24.5 Å². The van der Waals surface area contributed by atoms with Crippen LogP contribution in [0.2, 0.25) is 0 Å². The number of benzene rings is 1. The van der Waals surface area contributed by atoms with Crippen molar-refractivity contribution in [2.75, 3.05) is 41.0 Å². The van der Waals surface area contributed by atoms with Crippen LogP contribution in [-0.4, -0.2) is 73.6 Å². The van der Waals surface area contributed by atoms with Crippen molar-refractivity contribution in [3.8, 4) is 17.2 Å². The fourth-order valence-electron chi connectivity index (χ4n) is 6.01. The third-order valence-electron chi connectivity index (χ3n) is 7.88. The van der Waals surface area contributed by atoms with Crippen LogP contribution in [0.4, 0.5) is 0 Å². The highest BCUT2D eigenvalue weighted by Crippen LogP contribution is 2.66. The average Bonchev–Trinajstić information content (AvgIpc) is 3.29. The number of azide groups is 1. The number of H-pyrrole nitrogens is 2. The van der Waals surface area contributed by atoms with Crippen molar-refractivity contribution < 1.29 is 33.3 Å². The van der Waals surface area contributed by atoms with Crippen LogP contribution in [0.1, 0.15) is 49.9 Å². The fraction of sp³-hybridized carbons (Fsp3) is 0.370. The number of esters is 1. The van der Waals surface area contributed by atoms with Gasteiger partial charge in [-0.05, 0) is 48.1 Å². The Morgan fingerprint density at radius 1 is 1.15 bits per heavy atom. The minimum absolute atomic E-state index is 0.139. The number of hydrogen-bond donors (Lipinski definition) is 2. The summed E-state index contributed by atoms with van der Waals surface area (Å²) in [6, 6.07) is 5.14. The second kappa shape index (κ2) is 9.38. The third kappa shape index (κ3) is 3.62. The Morgan fingerprint density at radius 3 is 2.70 bits per heavy atom. The predicted molar refractivity (Wildman–Crippen MR) is 141 cm³/mol. The van der Waals surface area contributed by atoms with E-state index in [9.17, 15) is 14.4 Å². The van der Waals surface area contributed by atoms with Crippen LogP contribution < -0.4 is 14.2 Å². The van der Waals surface area contributed by atoms with Gasteiger partial charge in [0.15, 0.2) is 11.5 Å². The number of methoxy groups -OCH3 is 3. The molecule has 13 heteroatoms. The quantitative estimate of drug-likeness (QED) is 0.135. The smallest absolute Gasteiger partial charge is 0.354 e. The van der Waals surface area contributed by atoms with Crippen LogP contribution in [0, 0.1) is 5.92 Å². The van der Waals surface area contributed by atoms with E-state index in [1.807, 2.05) is 0 Å². The molecule has 3 aliphatic rings. The second-order valence-electron chi connectivity index (χ2n) is 9.89. The Kier molecular flexibility index (Phi) is 5.95. The number of piperidine rings is 1. The van der Waals surface area contributed by atoms with Crippen molar-refractivity contribution in [2.24, 2.45) is 11.0 Å². The van der Waals surface area contributed by atoms with Gasteiger partial charge in [0.2, 0.25) is 11.5 Å². The first kappa shape index (κ1) is 25.4. The molecule has 206 valence electrons. The van der Waals surface area contributed by atoms with Gasteiger partial charge in [0.1, 0.15) is 11.4 Å². The van der Waals surface area contributed by atoms with E-state index < -0.39 is 11.4 Å². The number of hydrogen-bond acceptors (Lipinski definition) is 8. The molecule has 1 aliphatic heterocycles. The number of nitrogens with zero attached hydrogens (tertiary/aromatic N) is 4. The molecule has 3 aromatic rings. The SMILES string of the molecule is COC(=O)c1cc2c([nH]1)C(=O)C=C1N(C(=O)c3cc4cc(OC)c(OCCCN=[N+]=[N-])c(OC)c4[nH]3)C[C@H]3C[C@]123. The Morgan fingerprint density at radius 2 is 1.98 bits per heavy atom. The van der Waals surface area contributed by atoms with Crippen LogP contribution in [-0.2, 0) is 10.2 Å². The first-order valence-electron chi connectivity index (χ1n) is 12.7. The number of aromatic nitrogens is 2. The van der Waals surface area contributed by atoms with Gasteiger partial charge in [-0.3, -0.25) is 9.59 Å². The molecule has 3 heterocycles. The number of carbonyl (C=O) groups is 3. The Bertz CT molecular complexity index is 1660. The summed E-state index contributed by atoms with van der Waals surface area (Å²) in [6.07, 6.45) is 2.79. The fourth-order valence-corrected chi connectivity index (χ4v) is 6.01. The molecule has 13 nitrogen and oxygen atoms in total. The van der Waals surface area contributed by atoms with Crippen molar-refractivity contribution >= 4 is 28.6 Å². The number of ether oxygens (including phenoxy) is 4. The Labute approximate surface area is 227 Å². The third-order valence-corrected chi connectivity index (χ3v) is 7.88. The highest BCUT2D eigenvalue weighted by atomic mass is 16.5. The molecule has 2 aliphatic carbocycles. The standard InChI is InChI=1S/C27H26N6O7/c1-37-19-8-13-7-16(30-21(13)24(38-2)23(19)40-6-4-5-29-32-28)25(35)33-12-14-11-27(14)15-9-17(26(36)39-3)31-22(15)18(34)10-20(27)33/h7-10,14,30-31H,4-6,11-12H2,1-3H3/t14-,27-/m1/s1. The monoisotopic (exact) mass is 546 g/mol. The van der Waals surface area contributed by atoms with Crippen molar-refractivity contribution in [1.29, 1.82) is 0 Å². The minimum atomic E-state index is -0.551. The van der Waals surface area contributed by atoms with Gasteiger partial charge < -0.3 is 33.8 Å². The summed E-state index contributed by atoms with van der Waals surface area (Å²) in [5, 5.41) is 4.19. The van der Waals surface area contributed by atoms with Crippen molar-refractivity contribution in [2.45, 2.75) is 18.3 Å². The highest BCUT2D eigenvalue weighted by molar-refractivity contribution is 6.10. The summed E-state index contributed by atoms with van der Waals surface area (Å²) in [6.45, 7) is 1.00. The number of amides is 1. The zero-order valence-electron chi connectivity index (χ0n) is 22.1.